The summed E-state index contributed by atoms with van der Waals surface area (Å²) in [6.07, 6.45) is 1.35. The molecule has 0 aliphatic rings. The monoisotopic (exact) mass is 286 g/mol. The molecule has 5 nitrogen and oxygen atoms in total. The number of nitrogens with zero attached hydrogens (tertiary/aromatic N) is 2. The maximum absolute atomic E-state index is 11.1. The molecule has 0 saturated carbocycles. The highest BCUT2D eigenvalue weighted by atomic mass is 16.5. The lowest BCUT2D eigenvalue weighted by Gasteiger charge is -2.10. The minimum Gasteiger partial charge on any atom is -0.478 e. The maximum Gasteiger partial charge on any atom is 0.339 e. The van der Waals surface area contributed by atoms with Gasteiger partial charge in [-0.1, -0.05) is 44.2 Å². The zero-order chi connectivity index (χ0) is 15.2. The average molecular weight is 286 g/mol. The van der Waals surface area contributed by atoms with Crippen molar-refractivity contribution in [3.63, 3.8) is 0 Å². The number of ether oxygens (including phenoxy) is 1. The van der Waals surface area contributed by atoms with Crippen molar-refractivity contribution < 1.29 is 14.6 Å². The maximum atomic E-state index is 11.1. The molecule has 2 rings (SSSR count). The van der Waals surface area contributed by atoms with E-state index >= 15 is 0 Å². The first-order valence-corrected chi connectivity index (χ1v) is 6.78. The van der Waals surface area contributed by atoms with Gasteiger partial charge in [-0.3, -0.25) is 0 Å². The van der Waals surface area contributed by atoms with E-state index in [4.69, 9.17) is 9.84 Å². The molecule has 0 aliphatic carbocycles. The first kappa shape index (κ1) is 15.1. The molecule has 1 heterocycles. The van der Waals surface area contributed by atoms with Crippen LogP contribution in [0.4, 0.5) is 0 Å². The zero-order valence-electron chi connectivity index (χ0n) is 12.1. The van der Waals surface area contributed by atoms with Crippen LogP contribution in [0.5, 0.6) is 0 Å². The van der Waals surface area contributed by atoms with Crippen molar-refractivity contribution >= 4 is 5.97 Å². The molecule has 110 valence electrons. The van der Waals surface area contributed by atoms with Gasteiger partial charge >= 0.3 is 5.97 Å². The van der Waals surface area contributed by atoms with Crippen molar-refractivity contribution in [2.24, 2.45) is 0 Å². The molecule has 0 unspecified atom stereocenters. The topological polar surface area (TPSA) is 72.3 Å². The van der Waals surface area contributed by atoms with Crippen LogP contribution >= 0.6 is 0 Å². The normalized spacial score (nSPS) is 10.8. The van der Waals surface area contributed by atoms with Gasteiger partial charge in [-0.05, 0) is 11.5 Å². The Morgan fingerprint density at radius 2 is 1.95 bits per heavy atom. The average Bonchev–Trinajstić information content (AvgIpc) is 2.48. The Hall–Kier alpha value is -2.27. The van der Waals surface area contributed by atoms with Gasteiger partial charge in [0.15, 0.2) is 5.82 Å². The molecule has 0 fully saturated rings. The third-order valence-electron chi connectivity index (χ3n) is 2.99. The van der Waals surface area contributed by atoms with Crippen molar-refractivity contribution in [3.05, 3.63) is 59.2 Å². The summed E-state index contributed by atoms with van der Waals surface area (Å²) in [6, 6.07) is 9.81. The SMILES string of the molecule is CC(C)c1nc(COCc2ccccc2)ncc1C(=O)O. The van der Waals surface area contributed by atoms with E-state index in [9.17, 15) is 4.79 Å². The third kappa shape index (κ3) is 4.10. The summed E-state index contributed by atoms with van der Waals surface area (Å²) in [7, 11) is 0. The second-order valence-electron chi connectivity index (χ2n) is 5.02. The number of aromatic nitrogens is 2. The van der Waals surface area contributed by atoms with Crippen LogP contribution in [-0.4, -0.2) is 21.0 Å². The number of carboxylic acid groups (broad SMARTS) is 1. The molecule has 2 aromatic rings. The smallest absolute Gasteiger partial charge is 0.339 e. The molecule has 5 heteroatoms. The van der Waals surface area contributed by atoms with E-state index < -0.39 is 5.97 Å². The number of hydrogen-bond donors (Lipinski definition) is 1. The van der Waals surface area contributed by atoms with Crippen LogP contribution in [0.25, 0.3) is 0 Å². The van der Waals surface area contributed by atoms with E-state index in [1.807, 2.05) is 44.2 Å². The molecule has 0 bridgehead atoms. The Morgan fingerprint density at radius 1 is 1.24 bits per heavy atom. The van der Waals surface area contributed by atoms with E-state index in [0.717, 1.165) is 5.56 Å². The van der Waals surface area contributed by atoms with Crippen LogP contribution in [0.2, 0.25) is 0 Å². The Balaban J connectivity index is 2.04. The minimum absolute atomic E-state index is 0.0203. The number of carbonyl (C=O) groups is 1. The molecule has 1 aromatic heterocycles. The van der Waals surface area contributed by atoms with Gasteiger partial charge in [-0.2, -0.15) is 0 Å². The highest BCUT2D eigenvalue weighted by Gasteiger charge is 2.16. The van der Waals surface area contributed by atoms with Crippen LogP contribution in [0.3, 0.4) is 0 Å². The van der Waals surface area contributed by atoms with E-state index in [0.29, 0.717) is 18.1 Å². The van der Waals surface area contributed by atoms with Gasteiger partial charge in [0, 0.05) is 6.20 Å². The molecule has 0 radical (unpaired) electrons. The van der Waals surface area contributed by atoms with Gasteiger partial charge in [-0.25, -0.2) is 14.8 Å². The Morgan fingerprint density at radius 3 is 2.57 bits per heavy atom. The number of benzene rings is 1. The summed E-state index contributed by atoms with van der Waals surface area (Å²) >= 11 is 0. The van der Waals surface area contributed by atoms with Crippen molar-refractivity contribution in [3.8, 4) is 0 Å². The van der Waals surface area contributed by atoms with Crippen LogP contribution < -0.4 is 0 Å². The highest BCUT2D eigenvalue weighted by Crippen LogP contribution is 2.17. The first-order valence-electron chi connectivity index (χ1n) is 6.78. The summed E-state index contributed by atoms with van der Waals surface area (Å²) in [4.78, 5) is 19.5. The van der Waals surface area contributed by atoms with Crippen LogP contribution in [-0.2, 0) is 18.0 Å². The summed E-state index contributed by atoms with van der Waals surface area (Å²) in [5.74, 6) is -0.484. The fourth-order valence-corrected chi connectivity index (χ4v) is 1.94. The van der Waals surface area contributed by atoms with Gasteiger partial charge in [-0.15, -0.1) is 0 Å². The van der Waals surface area contributed by atoms with Crippen molar-refractivity contribution in [2.75, 3.05) is 0 Å². The minimum atomic E-state index is -1.00. The Labute approximate surface area is 123 Å². The largest absolute Gasteiger partial charge is 0.478 e. The van der Waals surface area contributed by atoms with E-state index in [-0.39, 0.29) is 18.1 Å². The molecule has 1 aromatic carbocycles. The van der Waals surface area contributed by atoms with Crippen molar-refractivity contribution in [1.29, 1.82) is 0 Å². The molecule has 21 heavy (non-hydrogen) atoms. The van der Waals surface area contributed by atoms with E-state index in [1.54, 1.807) is 0 Å². The van der Waals surface area contributed by atoms with Crippen LogP contribution in [0.1, 0.15) is 47.2 Å². The van der Waals surface area contributed by atoms with Gasteiger partial charge in [0.05, 0.1) is 17.9 Å². The second-order valence-corrected chi connectivity index (χ2v) is 5.02. The van der Waals surface area contributed by atoms with Crippen LogP contribution in [0, 0.1) is 0 Å². The fraction of sp³-hybridized carbons (Fsp3) is 0.312. The van der Waals surface area contributed by atoms with Gasteiger partial charge in [0.25, 0.3) is 0 Å². The summed E-state index contributed by atoms with van der Waals surface area (Å²) in [5.41, 5.74) is 1.76. The molecule has 0 saturated heterocycles. The number of carboxylic acids is 1. The summed E-state index contributed by atoms with van der Waals surface area (Å²) < 4.78 is 5.57. The number of hydrogen-bond acceptors (Lipinski definition) is 4. The number of rotatable bonds is 6. The summed E-state index contributed by atoms with van der Waals surface area (Å²) in [5, 5.41) is 9.12. The van der Waals surface area contributed by atoms with Crippen molar-refractivity contribution in [2.45, 2.75) is 33.0 Å². The lowest BCUT2D eigenvalue weighted by Crippen LogP contribution is -2.11. The quantitative estimate of drug-likeness (QED) is 0.883. The highest BCUT2D eigenvalue weighted by molar-refractivity contribution is 5.88. The molecule has 0 spiro atoms. The van der Waals surface area contributed by atoms with Gasteiger partial charge < -0.3 is 9.84 Å². The van der Waals surface area contributed by atoms with Crippen LogP contribution in [0.15, 0.2) is 36.5 Å². The van der Waals surface area contributed by atoms with Crippen molar-refractivity contribution in [1.82, 2.24) is 9.97 Å². The summed E-state index contributed by atoms with van der Waals surface area (Å²) in [6.45, 7) is 4.54. The lowest BCUT2D eigenvalue weighted by atomic mass is 10.1. The predicted octanol–water partition coefficient (Wildman–Crippen LogP) is 3.02. The standard InChI is InChI=1S/C16H18N2O3/c1-11(2)15-13(16(19)20)8-17-14(18-15)10-21-9-12-6-4-3-5-7-12/h3-8,11H,9-10H2,1-2H3,(H,19,20). The van der Waals surface area contributed by atoms with Gasteiger partial charge in [0.2, 0.25) is 0 Å². The molecular weight excluding hydrogens is 268 g/mol. The Bertz CT molecular complexity index is 612. The molecular formula is C16H18N2O3. The molecule has 0 aliphatic heterocycles. The van der Waals surface area contributed by atoms with E-state index in [1.165, 1.54) is 6.20 Å². The molecule has 0 atom stereocenters. The zero-order valence-corrected chi connectivity index (χ0v) is 12.1. The lowest BCUT2D eigenvalue weighted by molar-refractivity contribution is 0.0693. The number of aromatic carboxylic acids is 1. The second kappa shape index (κ2) is 6.95. The third-order valence-corrected chi connectivity index (χ3v) is 2.99. The van der Waals surface area contributed by atoms with Gasteiger partial charge in [0.1, 0.15) is 6.61 Å². The fourth-order valence-electron chi connectivity index (χ4n) is 1.94. The molecule has 1 N–H and O–H groups in total. The first-order chi connectivity index (χ1) is 10.1. The molecule has 0 amide bonds. The Kier molecular flexibility index (Phi) is 5.00. The van der Waals surface area contributed by atoms with E-state index in [2.05, 4.69) is 9.97 Å². The predicted molar refractivity (Wildman–Crippen MR) is 78.0 cm³/mol.